The molecule has 2 aromatic carbocycles. The highest BCUT2D eigenvalue weighted by Gasteiger charge is 2.12. The summed E-state index contributed by atoms with van der Waals surface area (Å²) in [5.74, 6) is -0.391. The summed E-state index contributed by atoms with van der Waals surface area (Å²) < 4.78 is 6.17. The highest BCUT2D eigenvalue weighted by molar-refractivity contribution is 7.16. The maximum absolute atomic E-state index is 11.7. The highest BCUT2D eigenvalue weighted by atomic mass is 35.5. The zero-order chi connectivity index (χ0) is 20.2. The molecule has 0 fully saturated rings. The second-order valence-electron chi connectivity index (χ2n) is 6.19. The molecule has 0 radical (unpaired) electrons. The summed E-state index contributed by atoms with van der Waals surface area (Å²) in [7, 11) is 0. The van der Waals surface area contributed by atoms with E-state index in [0.717, 1.165) is 16.6 Å². The first-order chi connectivity index (χ1) is 14.1. The van der Waals surface area contributed by atoms with Gasteiger partial charge in [-0.15, -0.1) is 11.3 Å². The molecule has 2 heterocycles. The molecule has 0 atom stereocenters. The molecular formula is C22H15ClN2O3S. The van der Waals surface area contributed by atoms with Crippen molar-refractivity contribution in [2.24, 2.45) is 0 Å². The zero-order valence-corrected chi connectivity index (χ0v) is 16.7. The fourth-order valence-electron chi connectivity index (χ4n) is 2.82. The normalized spacial score (nSPS) is 11.6. The first-order valence-electron chi connectivity index (χ1n) is 8.73. The highest BCUT2D eigenvalue weighted by Crippen LogP contribution is 2.26. The van der Waals surface area contributed by atoms with Crippen molar-refractivity contribution in [3.63, 3.8) is 0 Å². The van der Waals surface area contributed by atoms with E-state index in [1.807, 2.05) is 36.4 Å². The maximum Gasteiger partial charge on any atom is 0.336 e. The van der Waals surface area contributed by atoms with Gasteiger partial charge in [-0.25, -0.2) is 14.8 Å². The largest absolute Gasteiger partial charge is 0.487 e. The minimum Gasteiger partial charge on any atom is -0.487 e. The van der Waals surface area contributed by atoms with Crippen molar-refractivity contribution in [1.82, 2.24) is 9.97 Å². The van der Waals surface area contributed by atoms with Crippen LogP contribution in [0.3, 0.4) is 0 Å². The molecule has 1 N–H and O–H groups in total. The third-order valence-electron chi connectivity index (χ3n) is 4.22. The van der Waals surface area contributed by atoms with Gasteiger partial charge in [0.2, 0.25) is 0 Å². The standard InChI is InChI=1S/C22H15ClN2O3S/c23-22-24-12-18(29-22)11-19(21(26)27)14-6-9-17(10-7-14)28-13-16-8-5-15-3-1-2-4-20(15)25-16/h1-12H,13H2,(H,26,27)/b19-11+. The number of carboxylic acids is 1. The van der Waals surface area contributed by atoms with Crippen LogP contribution in [0.2, 0.25) is 4.47 Å². The number of hydrogen-bond acceptors (Lipinski definition) is 5. The number of rotatable bonds is 6. The third-order valence-corrected chi connectivity index (χ3v) is 5.28. The van der Waals surface area contributed by atoms with Crippen molar-refractivity contribution in [2.75, 3.05) is 0 Å². The molecule has 0 unspecified atom stereocenters. The Morgan fingerprint density at radius 2 is 1.90 bits per heavy atom. The number of halogens is 1. The first kappa shape index (κ1) is 19.1. The molecule has 144 valence electrons. The van der Waals surface area contributed by atoms with Crippen LogP contribution in [-0.4, -0.2) is 21.0 Å². The van der Waals surface area contributed by atoms with Crippen molar-refractivity contribution < 1.29 is 14.6 Å². The Morgan fingerprint density at radius 3 is 2.62 bits per heavy atom. The quantitative estimate of drug-likeness (QED) is 0.412. The van der Waals surface area contributed by atoms with Gasteiger partial charge in [0, 0.05) is 16.5 Å². The van der Waals surface area contributed by atoms with E-state index in [0.29, 0.717) is 27.3 Å². The number of aromatic nitrogens is 2. The Labute approximate surface area is 175 Å². The molecule has 0 spiro atoms. The van der Waals surface area contributed by atoms with Gasteiger partial charge in [-0.05, 0) is 35.9 Å². The van der Waals surface area contributed by atoms with Gasteiger partial charge >= 0.3 is 5.97 Å². The lowest BCUT2D eigenvalue weighted by Crippen LogP contribution is -2.01. The van der Waals surface area contributed by atoms with Crippen LogP contribution in [0.25, 0.3) is 22.6 Å². The molecule has 0 amide bonds. The number of aliphatic carboxylic acids is 1. The van der Waals surface area contributed by atoms with Crippen molar-refractivity contribution in [1.29, 1.82) is 0 Å². The molecule has 5 nitrogen and oxygen atoms in total. The van der Waals surface area contributed by atoms with Crippen LogP contribution in [0.4, 0.5) is 0 Å². The van der Waals surface area contributed by atoms with Gasteiger partial charge in [0.1, 0.15) is 12.4 Å². The number of thiazole rings is 1. The number of nitrogens with zero attached hydrogens (tertiary/aromatic N) is 2. The van der Waals surface area contributed by atoms with E-state index in [9.17, 15) is 9.90 Å². The zero-order valence-electron chi connectivity index (χ0n) is 15.1. The Kier molecular flexibility index (Phi) is 5.55. The number of hydrogen-bond donors (Lipinski definition) is 1. The fourth-order valence-corrected chi connectivity index (χ4v) is 3.72. The van der Waals surface area contributed by atoms with Crippen molar-refractivity contribution in [3.05, 3.63) is 87.5 Å². The van der Waals surface area contributed by atoms with E-state index in [1.165, 1.54) is 11.3 Å². The van der Waals surface area contributed by atoms with Crippen LogP contribution in [-0.2, 0) is 11.4 Å². The van der Waals surface area contributed by atoms with Gasteiger partial charge in [-0.2, -0.15) is 0 Å². The molecule has 0 saturated heterocycles. The lowest BCUT2D eigenvalue weighted by atomic mass is 10.1. The van der Waals surface area contributed by atoms with Gasteiger partial charge in [-0.3, -0.25) is 0 Å². The number of ether oxygens (including phenoxy) is 1. The molecule has 7 heteroatoms. The van der Waals surface area contributed by atoms with Gasteiger partial charge in [0.25, 0.3) is 0 Å². The van der Waals surface area contributed by atoms with E-state index in [-0.39, 0.29) is 5.57 Å². The van der Waals surface area contributed by atoms with Crippen molar-refractivity contribution in [2.45, 2.75) is 6.61 Å². The predicted octanol–water partition coefficient (Wildman–Crippen LogP) is 5.55. The summed E-state index contributed by atoms with van der Waals surface area (Å²) in [6, 6.07) is 18.8. The molecule has 4 aromatic rings. The second kappa shape index (κ2) is 8.43. The van der Waals surface area contributed by atoms with E-state index in [1.54, 1.807) is 36.5 Å². The van der Waals surface area contributed by atoms with Crippen LogP contribution in [0.5, 0.6) is 5.75 Å². The van der Waals surface area contributed by atoms with Gasteiger partial charge < -0.3 is 9.84 Å². The summed E-state index contributed by atoms with van der Waals surface area (Å²) in [6.45, 7) is 0.325. The third kappa shape index (κ3) is 4.62. The van der Waals surface area contributed by atoms with Crippen LogP contribution in [0, 0.1) is 0 Å². The minimum absolute atomic E-state index is 0.160. The molecule has 0 aliphatic carbocycles. The van der Waals surface area contributed by atoms with Crippen molar-refractivity contribution >= 4 is 51.5 Å². The molecule has 2 aromatic heterocycles. The van der Waals surface area contributed by atoms with E-state index >= 15 is 0 Å². The smallest absolute Gasteiger partial charge is 0.336 e. The summed E-state index contributed by atoms with van der Waals surface area (Å²) >= 11 is 7.04. The van der Waals surface area contributed by atoms with Crippen LogP contribution in [0.1, 0.15) is 16.1 Å². The van der Waals surface area contributed by atoms with Crippen molar-refractivity contribution in [3.8, 4) is 5.75 Å². The number of carboxylic acid groups (broad SMARTS) is 1. The van der Waals surface area contributed by atoms with Gasteiger partial charge in [-0.1, -0.05) is 48.0 Å². The maximum atomic E-state index is 11.7. The average molecular weight is 423 g/mol. The predicted molar refractivity (Wildman–Crippen MR) is 115 cm³/mol. The van der Waals surface area contributed by atoms with Crippen LogP contribution >= 0.6 is 22.9 Å². The van der Waals surface area contributed by atoms with E-state index in [4.69, 9.17) is 16.3 Å². The minimum atomic E-state index is -1.02. The summed E-state index contributed by atoms with van der Waals surface area (Å²) in [6.07, 6.45) is 3.10. The SMILES string of the molecule is O=C(O)/C(=C/c1cnc(Cl)s1)c1ccc(OCc2ccc3ccccc3n2)cc1. The Hall–Kier alpha value is -3.22. The van der Waals surface area contributed by atoms with Gasteiger partial charge in [0.05, 0.1) is 16.8 Å². The first-order valence-corrected chi connectivity index (χ1v) is 9.92. The number of para-hydroxylation sites is 1. The molecule has 0 bridgehead atoms. The van der Waals surface area contributed by atoms with Crippen LogP contribution in [0.15, 0.2) is 66.9 Å². The summed E-state index contributed by atoms with van der Waals surface area (Å²) in [4.78, 5) is 20.8. The lowest BCUT2D eigenvalue weighted by molar-refractivity contribution is -0.130. The molecule has 4 rings (SSSR count). The molecule has 0 aliphatic heterocycles. The Morgan fingerprint density at radius 1 is 1.10 bits per heavy atom. The molecular weight excluding hydrogens is 408 g/mol. The molecule has 29 heavy (non-hydrogen) atoms. The average Bonchev–Trinajstić information content (AvgIpc) is 3.15. The Bertz CT molecular complexity index is 1200. The lowest BCUT2D eigenvalue weighted by Gasteiger charge is -2.08. The van der Waals surface area contributed by atoms with Crippen LogP contribution < -0.4 is 4.74 Å². The number of carbonyl (C=O) groups is 1. The number of pyridine rings is 1. The molecule has 0 aliphatic rings. The fraction of sp³-hybridized carbons (Fsp3) is 0.0455. The second-order valence-corrected chi connectivity index (χ2v) is 7.83. The van der Waals surface area contributed by atoms with Gasteiger partial charge in [0.15, 0.2) is 4.47 Å². The molecule has 0 saturated carbocycles. The Balaban J connectivity index is 1.49. The number of benzene rings is 2. The summed E-state index contributed by atoms with van der Waals surface area (Å²) in [5, 5.41) is 10.6. The van der Waals surface area contributed by atoms with E-state index < -0.39 is 5.97 Å². The van der Waals surface area contributed by atoms with E-state index in [2.05, 4.69) is 9.97 Å². The topological polar surface area (TPSA) is 72.3 Å². The number of fused-ring (bicyclic) bond motifs is 1. The summed E-state index contributed by atoms with van der Waals surface area (Å²) in [5.41, 5.74) is 2.47. The monoisotopic (exact) mass is 422 g/mol.